The summed E-state index contributed by atoms with van der Waals surface area (Å²) in [5.74, 6) is 0. The number of para-hydroxylation sites is 1. The Morgan fingerprint density at radius 3 is 2.65 bits per heavy atom. The van der Waals surface area contributed by atoms with E-state index in [0.717, 1.165) is 16.6 Å². The fraction of sp³-hybridized carbons (Fsp3) is 0.429. The number of nitrogens with two attached hydrogens (primary N) is 1. The molecule has 0 aliphatic rings. The van der Waals surface area contributed by atoms with Gasteiger partial charge in [-0.05, 0) is 23.9 Å². The molecule has 0 atom stereocenters. The number of aromatic nitrogens is 1. The van der Waals surface area contributed by atoms with Crippen molar-refractivity contribution in [3.8, 4) is 0 Å². The van der Waals surface area contributed by atoms with Crippen LogP contribution in [0.5, 0.6) is 0 Å². The van der Waals surface area contributed by atoms with E-state index < -0.39 is 12.8 Å². The first-order valence-electron chi connectivity index (χ1n) is 6.43. The number of halogens is 3. The highest BCUT2D eigenvalue weighted by Gasteiger charge is 2.27. The van der Waals surface area contributed by atoms with Gasteiger partial charge in [-0.3, -0.25) is 0 Å². The Morgan fingerprint density at radius 1 is 1.20 bits per heavy atom. The number of ether oxygens (including phenoxy) is 1. The minimum atomic E-state index is -4.26. The zero-order valence-corrected chi connectivity index (χ0v) is 11.0. The van der Waals surface area contributed by atoms with Crippen LogP contribution < -0.4 is 5.73 Å². The van der Waals surface area contributed by atoms with E-state index in [1.807, 2.05) is 34.9 Å². The van der Waals surface area contributed by atoms with Crippen molar-refractivity contribution in [1.82, 2.24) is 4.57 Å². The first-order chi connectivity index (χ1) is 9.51. The van der Waals surface area contributed by atoms with Crippen LogP contribution in [-0.2, 0) is 17.8 Å². The minimum absolute atomic E-state index is 0.0794. The molecule has 2 rings (SSSR count). The number of aryl methyl sites for hydroxylation is 1. The molecule has 3 nitrogen and oxygen atoms in total. The molecule has 0 radical (unpaired) electrons. The second-order valence-corrected chi connectivity index (χ2v) is 4.57. The molecule has 1 aromatic heterocycles. The van der Waals surface area contributed by atoms with Crippen LogP contribution in [0.3, 0.4) is 0 Å². The summed E-state index contributed by atoms with van der Waals surface area (Å²) in [6.07, 6.45) is -3.75. The fourth-order valence-electron chi connectivity index (χ4n) is 2.21. The summed E-state index contributed by atoms with van der Waals surface area (Å²) in [6.45, 7) is -0.116. The van der Waals surface area contributed by atoms with E-state index in [1.165, 1.54) is 0 Å². The largest absolute Gasteiger partial charge is 0.411 e. The van der Waals surface area contributed by atoms with E-state index in [1.54, 1.807) is 0 Å². The van der Waals surface area contributed by atoms with Gasteiger partial charge in [0.1, 0.15) is 6.61 Å². The van der Waals surface area contributed by atoms with Gasteiger partial charge in [0, 0.05) is 30.9 Å². The molecule has 0 amide bonds. The molecule has 0 spiro atoms. The maximum absolute atomic E-state index is 11.9. The predicted molar refractivity (Wildman–Crippen MR) is 71.3 cm³/mol. The molecule has 0 aliphatic carbocycles. The van der Waals surface area contributed by atoms with Crippen LogP contribution in [0.1, 0.15) is 12.1 Å². The van der Waals surface area contributed by atoms with Crippen LogP contribution in [0.2, 0.25) is 0 Å². The Bertz CT molecular complexity index is 563. The number of hydrogen-bond acceptors (Lipinski definition) is 2. The zero-order chi connectivity index (χ0) is 14.6. The Kier molecular flexibility index (Phi) is 4.67. The van der Waals surface area contributed by atoms with Crippen LogP contribution in [0, 0.1) is 0 Å². The van der Waals surface area contributed by atoms with Crippen LogP contribution in [0.15, 0.2) is 30.3 Å². The number of rotatable bonds is 6. The fourth-order valence-corrected chi connectivity index (χ4v) is 2.21. The van der Waals surface area contributed by atoms with Crippen LogP contribution >= 0.6 is 0 Å². The van der Waals surface area contributed by atoms with Crippen molar-refractivity contribution in [2.45, 2.75) is 25.7 Å². The quantitative estimate of drug-likeness (QED) is 0.829. The standard InChI is InChI=1S/C14H17F3N2O/c15-14(16,17)10-20-7-3-6-19-12(9-18)8-11-4-1-2-5-13(11)19/h1-2,4-5,8H,3,6-7,9-10,18H2. The van der Waals surface area contributed by atoms with Gasteiger partial charge in [0.05, 0.1) is 0 Å². The van der Waals surface area contributed by atoms with E-state index in [0.29, 0.717) is 19.5 Å². The second kappa shape index (κ2) is 6.28. The van der Waals surface area contributed by atoms with Gasteiger partial charge in [0.15, 0.2) is 0 Å². The molecule has 0 fully saturated rings. The first kappa shape index (κ1) is 14.9. The Morgan fingerprint density at radius 2 is 1.95 bits per heavy atom. The van der Waals surface area contributed by atoms with E-state index >= 15 is 0 Å². The van der Waals surface area contributed by atoms with Gasteiger partial charge in [-0.2, -0.15) is 13.2 Å². The first-order valence-corrected chi connectivity index (χ1v) is 6.43. The number of hydrogen-bond donors (Lipinski definition) is 1. The van der Waals surface area contributed by atoms with E-state index in [9.17, 15) is 13.2 Å². The zero-order valence-electron chi connectivity index (χ0n) is 11.0. The molecular formula is C14H17F3N2O. The summed E-state index contributed by atoms with van der Waals surface area (Å²) < 4.78 is 42.5. The van der Waals surface area contributed by atoms with Crippen molar-refractivity contribution in [3.63, 3.8) is 0 Å². The van der Waals surface area contributed by atoms with E-state index in [4.69, 9.17) is 5.73 Å². The highest BCUT2D eigenvalue weighted by molar-refractivity contribution is 5.81. The van der Waals surface area contributed by atoms with Gasteiger partial charge in [-0.1, -0.05) is 18.2 Å². The smallest absolute Gasteiger partial charge is 0.372 e. The molecule has 1 heterocycles. The van der Waals surface area contributed by atoms with Crippen LogP contribution in [-0.4, -0.2) is 24.0 Å². The molecule has 0 bridgehead atoms. The van der Waals surface area contributed by atoms with Crippen molar-refractivity contribution in [1.29, 1.82) is 0 Å². The molecule has 2 aromatic rings. The lowest BCUT2D eigenvalue weighted by Gasteiger charge is -2.11. The monoisotopic (exact) mass is 286 g/mol. The van der Waals surface area contributed by atoms with Crippen molar-refractivity contribution < 1.29 is 17.9 Å². The van der Waals surface area contributed by atoms with Crippen molar-refractivity contribution in [2.24, 2.45) is 5.73 Å². The maximum atomic E-state index is 11.9. The minimum Gasteiger partial charge on any atom is -0.372 e. The lowest BCUT2D eigenvalue weighted by molar-refractivity contribution is -0.174. The number of fused-ring (bicyclic) bond motifs is 1. The lowest BCUT2D eigenvalue weighted by atomic mass is 10.2. The molecule has 2 N–H and O–H groups in total. The van der Waals surface area contributed by atoms with Gasteiger partial charge >= 0.3 is 6.18 Å². The normalized spacial score (nSPS) is 12.2. The number of nitrogens with zero attached hydrogens (tertiary/aromatic N) is 1. The van der Waals surface area contributed by atoms with Crippen LogP contribution in [0.4, 0.5) is 13.2 Å². The molecule has 0 unspecified atom stereocenters. The van der Waals surface area contributed by atoms with E-state index in [-0.39, 0.29) is 6.61 Å². The van der Waals surface area contributed by atoms with E-state index in [2.05, 4.69) is 4.74 Å². The average Bonchev–Trinajstić information content (AvgIpc) is 2.75. The lowest BCUT2D eigenvalue weighted by Crippen LogP contribution is -2.18. The van der Waals surface area contributed by atoms with Crippen molar-refractivity contribution in [3.05, 3.63) is 36.0 Å². The highest BCUT2D eigenvalue weighted by Crippen LogP contribution is 2.20. The molecule has 0 saturated heterocycles. The van der Waals surface area contributed by atoms with Gasteiger partial charge in [0.2, 0.25) is 0 Å². The number of benzene rings is 1. The molecule has 0 aliphatic heterocycles. The molecule has 6 heteroatoms. The van der Waals surface area contributed by atoms with Crippen LogP contribution in [0.25, 0.3) is 10.9 Å². The molecule has 20 heavy (non-hydrogen) atoms. The van der Waals surface area contributed by atoms with Gasteiger partial charge in [0.25, 0.3) is 0 Å². The topological polar surface area (TPSA) is 40.2 Å². The third kappa shape index (κ3) is 3.74. The molecule has 0 saturated carbocycles. The summed E-state index contributed by atoms with van der Waals surface area (Å²) in [6, 6.07) is 9.85. The summed E-state index contributed by atoms with van der Waals surface area (Å²) in [7, 11) is 0. The van der Waals surface area contributed by atoms with Crippen molar-refractivity contribution in [2.75, 3.05) is 13.2 Å². The summed E-state index contributed by atoms with van der Waals surface area (Å²) in [4.78, 5) is 0. The Labute approximate surface area is 115 Å². The Balaban J connectivity index is 1.95. The van der Waals surface area contributed by atoms with Gasteiger partial charge in [-0.25, -0.2) is 0 Å². The number of alkyl halides is 3. The maximum Gasteiger partial charge on any atom is 0.411 e. The Hall–Kier alpha value is -1.53. The molecular weight excluding hydrogens is 269 g/mol. The molecule has 1 aromatic carbocycles. The van der Waals surface area contributed by atoms with Gasteiger partial charge < -0.3 is 15.0 Å². The second-order valence-electron chi connectivity index (χ2n) is 4.57. The van der Waals surface area contributed by atoms with Gasteiger partial charge in [-0.15, -0.1) is 0 Å². The summed E-state index contributed by atoms with van der Waals surface area (Å²) in [5.41, 5.74) is 7.72. The average molecular weight is 286 g/mol. The SMILES string of the molecule is NCc1cc2ccccc2n1CCCOCC(F)(F)F. The third-order valence-electron chi connectivity index (χ3n) is 3.04. The predicted octanol–water partition coefficient (Wildman–Crippen LogP) is 3.07. The summed E-state index contributed by atoms with van der Waals surface area (Å²) in [5, 5.41) is 1.09. The molecule has 110 valence electrons. The van der Waals surface area contributed by atoms with Crippen molar-refractivity contribution >= 4 is 10.9 Å². The third-order valence-corrected chi connectivity index (χ3v) is 3.04. The highest BCUT2D eigenvalue weighted by atomic mass is 19.4. The summed E-state index contributed by atoms with van der Waals surface area (Å²) >= 11 is 0.